The van der Waals surface area contributed by atoms with Gasteiger partial charge in [-0.3, -0.25) is 0 Å². The first kappa shape index (κ1) is 12.0. The van der Waals surface area contributed by atoms with Crippen LogP contribution >= 0.6 is 0 Å². The second kappa shape index (κ2) is 5.72. The summed E-state index contributed by atoms with van der Waals surface area (Å²) in [5.74, 6) is 2.64. The molecular weight excluding hydrogens is 172 g/mol. The number of rotatable bonds is 4. The second-order valence-corrected chi connectivity index (χ2v) is 5.26. The molecule has 0 aromatic heterocycles. The first-order valence-electron chi connectivity index (χ1n) is 5.96. The van der Waals surface area contributed by atoms with Crippen LogP contribution in [0.25, 0.3) is 0 Å². The van der Waals surface area contributed by atoms with E-state index in [2.05, 4.69) is 38.2 Å². The van der Waals surface area contributed by atoms with E-state index in [1.807, 2.05) is 0 Å². The first-order chi connectivity index (χ1) is 6.61. The Bertz CT molecular complexity index is 148. The highest BCUT2D eigenvalue weighted by Gasteiger charge is 2.26. The van der Waals surface area contributed by atoms with Crippen molar-refractivity contribution in [2.24, 2.45) is 17.8 Å². The van der Waals surface area contributed by atoms with Crippen LogP contribution < -0.4 is 5.32 Å². The zero-order valence-electron chi connectivity index (χ0n) is 10.2. The molecule has 1 aliphatic rings. The molecule has 1 aliphatic heterocycles. The molecule has 0 amide bonds. The minimum Gasteiger partial charge on any atom is -0.317 e. The van der Waals surface area contributed by atoms with Gasteiger partial charge in [-0.05, 0) is 57.8 Å². The molecule has 0 saturated carbocycles. The summed E-state index contributed by atoms with van der Waals surface area (Å²) in [5, 5.41) is 3.45. The second-order valence-electron chi connectivity index (χ2n) is 5.26. The van der Waals surface area contributed by atoms with Crippen LogP contribution in [-0.2, 0) is 0 Å². The molecular formula is C12H26N2. The van der Waals surface area contributed by atoms with Gasteiger partial charge in [0.1, 0.15) is 0 Å². The lowest BCUT2D eigenvalue weighted by Crippen LogP contribution is -2.37. The van der Waals surface area contributed by atoms with Crippen molar-refractivity contribution >= 4 is 0 Å². The van der Waals surface area contributed by atoms with E-state index in [9.17, 15) is 0 Å². The third kappa shape index (κ3) is 3.58. The van der Waals surface area contributed by atoms with E-state index in [0.717, 1.165) is 17.8 Å². The van der Waals surface area contributed by atoms with Gasteiger partial charge in [0.2, 0.25) is 0 Å². The van der Waals surface area contributed by atoms with E-state index in [1.165, 1.54) is 32.5 Å². The Morgan fingerprint density at radius 1 is 1.21 bits per heavy atom. The number of hydrogen-bond donors (Lipinski definition) is 1. The zero-order valence-corrected chi connectivity index (χ0v) is 10.2. The summed E-state index contributed by atoms with van der Waals surface area (Å²) in [4.78, 5) is 2.34. The average Bonchev–Trinajstić information content (AvgIpc) is 2.15. The molecule has 2 nitrogen and oxygen atoms in total. The van der Waals surface area contributed by atoms with Crippen molar-refractivity contribution in [2.45, 2.75) is 26.7 Å². The SMILES string of the molecule is CC(C)C(CN(C)C)C1CCNCC1. The summed E-state index contributed by atoms with van der Waals surface area (Å²) in [7, 11) is 4.38. The Kier molecular flexibility index (Phi) is 4.90. The van der Waals surface area contributed by atoms with Crippen molar-refractivity contribution < 1.29 is 0 Å². The van der Waals surface area contributed by atoms with Gasteiger partial charge < -0.3 is 10.2 Å². The molecule has 0 aliphatic carbocycles. The van der Waals surface area contributed by atoms with Crippen LogP contribution in [0.1, 0.15) is 26.7 Å². The highest BCUT2D eigenvalue weighted by molar-refractivity contribution is 4.79. The van der Waals surface area contributed by atoms with E-state index in [1.54, 1.807) is 0 Å². The van der Waals surface area contributed by atoms with Gasteiger partial charge in [0, 0.05) is 6.54 Å². The summed E-state index contributed by atoms with van der Waals surface area (Å²) < 4.78 is 0. The Balaban J connectivity index is 2.47. The van der Waals surface area contributed by atoms with E-state index in [-0.39, 0.29) is 0 Å². The normalized spacial score (nSPS) is 21.9. The maximum Gasteiger partial charge on any atom is 0.000867 e. The summed E-state index contributed by atoms with van der Waals surface area (Å²) in [6, 6.07) is 0. The van der Waals surface area contributed by atoms with Crippen LogP contribution in [0.5, 0.6) is 0 Å². The topological polar surface area (TPSA) is 15.3 Å². The molecule has 0 bridgehead atoms. The third-order valence-corrected chi connectivity index (χ3v) is 3.42. The molecule has 1 unspecified atom stereocenters. The van der Waals surface area contributed by atoms with Gasteiger partial charge in [-0.1, -0.05) is 13.8 Å². The van der Waals surface area contributed by atoms with Gasteiger partial charge in [0.25, 0.3) is 0 Å². The molecule has 0 radical (unpaired) electrons. The number of hydrogen-bond acceptors (Lipinski definition) is 2. The quantitative estimate of drug-likeness (QED) is 0.741. The van der Waals surface area contributed by atoms with Crippen LogP contribution in [0.3, 0.4) is 0 Å². The van der Waals surface area contributed by atoms with Gasteiger partial charge in [-0.25, -0.2) is 0 Å². The smallest absolute Gasteiger partial charge is 0.000867 e. The molecule has 1 N–H and O–H groups in total. The van der Waals surface area contributed by atoms with Crippen molar-refractivity contribution in [3.05, 3.63) is 0 Å². The number of piperidine rings is 1. The Hall–Kier alpha value is -0.0800. The fraction of sp³-hybridized carbons (Fsp3) is 1.00. The van der Waals surface area contributed by atoms with Gasteiger partial charge in [-0.15, -0.1) is 0 Å². The van der Waals surface area contributed by atoms with E-state index >= 15 is 0 Å². The van der Waals surface area contributed by atoms with Crippen LogP contribution in [0.4, 0.5) is 0 Å². The lowest BCUT2D eigenvalue weighted by molar-refractivity contribution is 0.160. The molecule has 84 valence electrons. The van der Waals surface area contributed by atoms with Gasteiger partial charge in [0.15, 0.2) is 0 Å². The minimum atomic E-state index is 0.820. The summed E-state index contributed by atoms with van der Waals surface area (Å²) in [6.45, 7) is 8.44. The predicted octanol–water partition coefficient (Wildman–Crippen LogP) is 1.82. The molecule has 0 aromatic carbocycles. The third-order valence-electron chi connectivity index (χ3n) is 3.42. The highest BCUT2D eigenvalue weighted by atomic mass is 15.1. The van der Waals surface area contributed by atoms with Crippen molar-refractivity contribution in [3.8, 4) is 0 Å². The van der Waals surface area contributed by atoms with Crippen LogP contribution in [-0.4, -0.2) is 38.6 Å². The fourth-order valence-electron chi connectivity index (χ4n) is 2.60. The van der Waals surface area contributed by atoms with Gasteiger partial charge in [0.05, 0.1) is 0 Å². The zero-order chi connectivity index (χ0) is 10.6. The maximum atomic E-state index is 3.45. The van der Waals surface area contributed by atoms with Crippen LogP contribution in [0, 0.1) is 17.8 Å². The minimum absolute atomic E-state index is 0.820. The van der Waals surface area contributed by atoms with Crippen molar-refractivity contribution in [2.75, 3.05) is 33.7 Å². The number of nitrogens with one attached hydrogen (secondary N) is 1. The standard InChI is InChI=1S/C12H26N2/c1-10(2)12(9-14(3)4)11-5-7-13-8-6-11/h10-13H,5-9H2,1-4H3. The summed E-state index contributed by atoms with van der Waals surface area (Å²) in [6.07, 6.45) is 2.74. The lowest BCUT2D eigenvalue weighted by atomic mass is 9.78. The first-order valence-corrected chi connectivity index (χ1v) is 5.96. The van der Waals surface area contributed by atoms with E-state index in [4.69, 9.17) is 0 Å². The highest BCUT2D eigenvalue weighted by Crippen LogP contribution is 2.28. The maximum absolute atomic E-state index is 3.45. The lowest BCUT2D eigenvalue weighted by Gasteiger charge is -2.35. The van der Waals surface area contributed by atoms with Gasteiger partial charge in [-0.2, -0.15) is 0 Å². The molecule has 1 heterocycles. The summed E-state index contributed by atoms with van der Waals surface area (Å²) in [5.41, 5.74) is 0. The Morgan fingerprint density at radius 3 is 2.21 bits per heavy atom. The molecule has 1 atom stereocenters. The summed E-state index contributed by atoms with van der Waals surface area (Å²) >= 11 is 0. The molecule has 0 aromatic rings. The molecule has 0 spiro atoms. The van der Waals surface area contributed by atoms with Crippen molar-refractivity contribution in [3.63, 3.8) is 0 Å². The van der Waals surface area contributed by atoms with Crippen LogP contribution in [0.15, 0.2) is 0 Å². The van der Waals surface area contributed by atoms with E-state index in [0.29, 0.717) is 0 Å². The Labute approximate surface area is 89.1 Å². The monoisotopic (exact) mass is 198 g/mol. The molecule has 1 rings (SSSR count). The molecule has 1 fully saturated rings. The van der Waals surface area contributed by atoms with Gasteiger partial charge >= 0.3 is 0 Å². The van der Waals surface area contributed by atoms with Crippen LogP contribution in [0.2, 0.25) is 0 Å². The molecule has 1 saturated heterocycles. The Morgan fingerprint density at radius 2 is 1.79 bits per heavy atom. The van der Waals surface area contributed by atoms with Crippen molar-refractivity contribution in [1.82, 2.24) is 10.2 Å². The largest absolute Gasteiger partial charge is 0.317 e. The molecule has 14 heavy (non-hydrogen) atoms. The predicted molar refractivity (Wildman–Crippen MR) is 62.5 cm³/mol. The molecule has 2 heteroatoms. The fourth-order valence-corrected chi connectivity index (χ4v) is 2.60. The van der Waals surface area contributed by atoms with E-state index < -0.39 is 0 Å². The number of nitrogens with zero attached hydrogens (tertiary/aromatic N) is 1. The van der Waals surface area contributed by atoms with Crippen molar-refractivity contribution in [1.29, 1.82) is 0 Å². The average molecular weight is 198 g/mol.